The first-order chi connectivity index (χ1) is 16.9. The van der Waals surface area contributed by atoms with E-state index in [2.05, 4.69) is 17.6 Å². The Bertz CT molecular complexity index is 869. The Kier molecular flexibility index (Phi) is 13.4. The van der Waals surface area contributed by atoms with E-state index in [1.807, 2.05) is 52.1 Å². The van der Waals surface area contributed by atoms with Crippen LogP contribution in [0.1, 0.15) is 90.0 Å². The highest BCUT2D eigenvalue weighted by atomic mass is 32.2. The number of hydrogen-bond donors (Lipinski definition) is 2. The number of carbonyl (C=O) groups is 3. The summed E-state index contributed by atoms with van der Waals surface area (Å²) in [5, 5.41) is 5.84. The lowest BCUT2D eigenvalue weighted by Gasteiger charge is -2.39. The molecule has 204 valence electrons. The van der Waals surface area contributed by atoms with Crippen molar-refractivity contribution in [3.63, 3.8) is 0 Å². The summed E-state index contributed by atoms with van der Waals surface area (Å²) in [4.78, 5) is 42.2. The Labute approximate surface area is 222 Å². The van der Waals surface area contributed by atoms with E-state index in [1.165, 1.54) is 0 Å². The molecule has 1 aromatic carbocycles. The van der Waals surface area contributed by atoms with E-state index in [0.29, 0.717) is 25.1 Å². The third-order valence-electron chi connectivity index (χ3n) is 6.22. The molecule has 3 unspecified atom stereocenters. The Morgan fingerprint density at radius 2 is 1.81 bits per heavy atom. The Hall–Kier alpha value is -2.22. The number of benzene rings is 1. The van der Waals surface area contributed by atoms with Crippen LogP contribution >= 0.6 is 11.8 Å². The van der Waals surface area contributed by atoms with E-state index in [1.54, 1.807) is 37.4 Å². The minimum absolute atomic E-state index is 0.202. The number of thioether (sulfide) groups is 1. The van der Waals surface area contributed by atoms with Crippen LogP contribution in [0.25, 0.3) is 0 Å². The van der Waals surface area contributed by atoms with Gasteiger partial charge in [-0.3, -0.25) is 9.59 Å². The molecule has 0 aliphatic carbocycles. The molecule has 0 aliphatic heterocycles. The van der Waals surface area contributed by atoms with Crippen molar-refractivity contribution in [3.05, 3.63) is 34.9 Å². The van der Waals surface area contributed by atoms with Gasteiger partial charge in [0.2, 0.25) is 11.8 Å². The van der Waals surface area contributed by atoms with Crippen LogP contribution in [0, 0.1) is 13.8 Å². The number of nitrogens with zero attached hydrogens (tertiary/aromatic N) is 1. The average molecular weight is 522 g/mol. The zero-order valence-corrected chi connectivity index (χ0v) is 24.5. The van der Waals surface area contributed by atoms with Crippen LogP contribution in [-0.2, 0) is 14.3 Å². The maximum absolute atomic E-state index is 14.2. The predicted octanol–water partition coefficient (Wildman–Crippen LogP) is 5.53. The molecule has 0 aromatic heterocycles. The largest absolute Gasteiger partial charge is 0.444 e. The van der Waals surface area contributed by atoms with Gasteiger partial charge in [-0.1, -0.05) is 38.5 Å². The van der Waals surface area contributed by atoms with Crippen molar-refractivity contribution in [2.24, 2.45) is 0 Å². The van der Waals surface area contributed by atoms with Crippen molar-refractivity contribution in [2.75, 3.05) is 18.6 Å². The van der Waals surface area contributed by atoms with Crippen LogP contribution < -0.4 is 10.6 Å². The SMILES string of the molecule is CCCCNC(=O)C(c1cccc(C)c1C)N(C(=O)C(CCSC)NC(=O)OC(C)(C)C)C(C)CC. The fourth-order valence-electron chi connectivity index (χ4n) is 3.89. The summed E-state index contributed by atoms with van der Waals surface area (Å²) in [5.74, 6) is 0.199. The molecule has 3 atom stereocenters. The first kappa shape index (κ1) is 31.8. The molecule has 1 rings (SSSR count). The van der Waals surface area contributed by atoms with Crippen LogP contribution in [0.2, 0.25) is 0 Å². The van der Waals surface area contributed by atoms with E-state index in [4.69, 9.17) is 4.74 Å². The molecule has 1 aromatic rings. The second-order valence-corrected chi connectivity index (χ2v) is 11.3. The molecule has 3 amide bonds. The van der Waals surface area contributed by atoms with E-state index >= 15 is 0 Å². The van der Waals surface area contributed by atoms with Crippen LogP contribution in [0.5, 0.6) is 0 Å². The highest BCUT2D eigenvalue weighted by Crippen LogP contribution is 2.30. The Morgan fingerprint density at radius 3 is 2.36 bits per heavy atom. The highest BCUT2D eigenvalue weighted by Gasteiger charge is 2.39. The predicted molar refractivity (Wildman–Crippen MR) is 149 cm³/mol. The summed E-state index contributed by atoms with van der Waals surface area (Å²) in [6.45, 7) is 15.9. The summed E-state index contributed by atoms with van der Waals surface area (Å²) in [7, 11) is 0. The zero-order valence-electron chi connectivity index (χ0n) is 23.7. The number of hydrogen-bond acceptors (Lipinski definition) is 5. The Balaban J connectivity index is 3.54. The standard InChI is InChI=1S/C28H47N3O4S/c1-10-12-17-29-25(32)24(22-15-13-14-19(3)21(22)5)31(20(4)11-2)26(33)23(16-18-36-9)30-27(34)35-28(6,7)8/h13-15,20,23-24H,10-12,16-18H2,1-9H3,(H,29,32)(H,30,34). The maximum Gasteiger partial charge on any atom is 0.408 e. The summed E-state index contributed by atoms with van der Waals surface area (Å²) < 4.78 is 5.45. The molecule has 8 heteroatoms. The highest BCUT2D eigenvalue weighted by molar-refractivity contribution is 7.98. The molecule has 0 radical (unpaired) electrons. The summed E-state index contributed by atoms with van der Waals surface area (Å²) in [6.07, 6.45) is 4.24. The molecule has 0 spiro atoms. The molecule has 0 saturated heterocycles. The normalized spacial score (nSPS) is 13.9. The second-order valence-electron chi connectivity index (χ2n) is 10.3. The van der Waals surface area contributed by atoms with Gasteiger partial charge in [-0.15, -0.1) is 0 Å². The third kappa shape index (κ3) is 9.68. The van der Waals surface area contributed by atoms with Gasteiger partial charge in [0.05, 0.1) is 0 Å². The minimum atomic E-state index is -0.808. The first-order valence-corrected chi connectivity index (χ1v) is 14.4. The summed E-state index contributed by atoms with van der Waals surface area (Å²) >= 11 is 1.60. The topological polar surface area (TPSA) is 87.7 Å². The molecule has 0 fully saturated rings. The van der Waals surface area contributed by atoms with Crippen molar-refractivity contribution in [1.82, 2.24) is 15.5 Å². The summed E-state index contributed by atoms with van der Waals surface area (Å²) in [6, 6.07) is 4.02. The monoisotopic (exact) mass is 521 g/mol. The lowest BCUT2D eigenvalue weighted by molar-refractivity contribution is -0.145. The number of unbranched alkanes of at least 4 members (excludes halogenated alkanes) is 1. The smallest absolute Gasteiger partial charge is 0.408 e. The lowest BCUT2D eigenvalue weighted by atomic mass is 9.93. The van der Waals surface area contributed by atoms with Crippen molar-refractivity contribution < 1.29 is 19.1 Å². The number of ether oxygens (including phenoxy) is 1. The van der Waals surface area contributed by atoms with Crippen molar-refractivity contribution in [3.8, 4) is 0 Å². The van der Waals surface area contributed by atoms with Crippen LogP contribution in [-0.4, -0.2) is 59.0 Å². The van der Waals surface area contributed by atoms with Crippen molar-refractivity contribution in [1.29, 1.82) is 0 Å². The van der Waals surface area contributed by atoms with Gasteiger partial charge in [0.15, 0.2) is 0 Å². The molecule has 0 aliphatic rings. The van der Waals surface area contributed by atoms with E-state index in [9.17, 15) is 14.4 Å². The minimum Gasteiger partial charge on any atom is -0.444 e. The van der Waals surface area contributed by atoms with Gasteiger partial charge >= 0.3 is 6.09 Å². The zero-order chi connectivity index (χ0) is 27.5. The van der Waals surface area contributed by atoms with Gasteiger partial charge < -0.3 is 20.3 Å². The molecule has 7 nitrogen and oxygen atoms in total. The van der Waals surface area contributed by atoms with Crippen LogP contribution in [0.4, 0.5) is 4.79 Å². The van der Waals surface area contributed by atoms with E-state index < -0.39 is 23.8 Å². The lowest BCUT2D eigenvalue weighted by Crippen LogP contribution is -2.55. The van der Waals surface area contributed by atoms with Gasteiger partial charge in [-0.25, -0.2) is 4.79 Å². The van der Waals surface area contributed by atoms with E-state index in [-0.39, 0.29) is 17.9 Å². The summed E-state index contributed by atoms with van der Waals surface area (Å²) in [5.41, 5.74) is 2.16. The molecule has 0 saturated carbocycles. The maximum atomic E-state index is 14.2. The van der Waals surface area contributed by atoms with Gasteiger partial charge in [0.25, 0.3) is 0 Å². The second kappa shape index (κ2) is 15.1. The fourth-order valence-corrected chi connectivity index (χ4v) is 4.36. The van der Waals surface area contributed by atoms with Crippen LogP contribution in [0.15, 0.2) is 18.2 Å². The fraction of sp³-hybridized carbons (Fsp3) is 0.679. The number of alkyl carbamates (subject to hydrolysis) is 1. The molecule has 0 heterocycles. The van der Waals surface area contributed by atoms with E-state index in [0.717, 1.165) is 29.5 Å². The Morgan fingerprint density at radius 1 is 1.14 bits per heavy atom. The third-order valence-corrected chi connectivity index (χ3v) is 6.86. The van der Waals surface area contributed by atoms with Gasteiger partial charge in [0.1, 0.15) is 17.7 Å². The number of amides is 3. The van der Waals surface area contributed by atoms with Gasteiger partial charge in [-0.05, 0) is 89.5 Å². The quantitative estimate of drug-likeness (QED) is 0.333. The average Bonchev–Trinajstić information content (AvgIpc) is 2.80. The first-order valence-electron chi connectivity index (χ1n) is 13.0. The number of rotatable bonds is 13. The van der Waals surface area contributed by atoms with Gasteiger partial charge in [0, 0.05) is 12.6 Å². The number of aryl methyl sites for hydroxylation is 1. The molecule has 36 heavy (non-hydrogen) atoms. The van der Waals surface area contributed by atoms with Gasteiger partial charge in [-0.2, -0.15) is 11.8 Å². The number of carbonyl (C=O) groups excluding carboxylic acids is 3. The number of nitrogens with one attached hydrogen (secondary N) is 2. The molecular formula is C28H47N3O4S. The van der Waals surface area contributed by atoms with Crippen molar-refractivity contribution >= 4 is 29.7 Å². The molecular weight excluding hydrogens is 474 g/mol. The molecule has 2 N–H and O–H groups in total. The molecule has 0 bridgehead atoms. The van der Waals surface area contributed by atoms with Crippen LogP contribution in [0.3, 0.4) is 0 Å². The van der Waals surface area contributed by atoms with Crippen molar-refractivity contribution in [2.45, 2.75) is 105 Å².